The van der Waals surface area contributed by atoms with Crippen molar-refractivity contribution >= 4 is 11.6 Å². The Morgan fingerprint density at radius 1 is 0.955 bits per heavy atom. The zero-order valence-electron chi connectivity index (χ0n) is 11.4. The van der Waals surface area contributed by atoms with E-state index in [1.54, 1.807) is 48.5 Å². The second-order valence-corrected chi connectivity index (χ2v) is 5.15. The van der Waals surface area contributed by atoms with Crippen molar-refractivity contribution in [2.75, 3.05) is 0 Å². The summed E-state index contributed by atoms with van der Waals surface area (Å²) in [6.07, 6.45) is -2.39. The summed E-state index contributed by atoms with van der Waals surface area (Å²) in [5, 5.41) is 32.7. The first kappa shape index (κ1) is 14.6. The van der Waals surface area contributed by atoms with Crippen molar-refractivity contribution in [2.45, 2.75) is 12.2 Å². The predicted octanol–water partition coefficient (Wildman–Crippen LogP) is 2.08. The highest BCUT2D eigenvalue weighted by molar-refractivity contribution is 6.30. The summed E-state index contributed by atoms with van der Waals surface area (Å²) in [6, 6.07) is 15.8. The maximum absolute atomic E-state index is 10.2. The van der Waals surface area contributed by atoms with E-state index in [9.17, 15) is 10.2 Å². The largest absolute Gasteiger partial charge is 0.385 e. The quantitative estimate of drug-likeness (QED) is 0.770. The Kier molecular flexibility index (Phi) is 4.15. The standard InChI is InChI=1S/C15H13ClN4O2/c16-11-7-4-8-12(9-11)20-18-15(17-19-20)14(22)13(21)10-5-2-1-3-6-10/h1-9,13-14,21-22H. The molecule has 112 valence electrons. The smallest absolute Gasteiger partial charge is 0.206 e. The van der Waals surface area contributed by atoms with E-state index >= 15 is 0 Å². The van der Waals surface area contributed by atoms with Gasteiger partial charge < -0.3 is 10.2 Å². The van der Waals surface area contributed by atoms with Crippen molar-refractivity contribution in [1.29, 1.82) is 0 Å². The number of aliphatic hydroxyl groups is 2. The van der Waals surface area contributed by atoms with Gasteiger partial charge in [0, 0.05) is 5.02 Å². The highest BCUT2D eigenvalue weighted by Gasteiger charge is 2.24. The average molecular weight is 317 g/mol. The van der Waals surface area contributed by atoms with Gasteiger partial charge in [0.25, 0.3) is 0 Å². The fourth-order valence-corrected chi connectivity index (χ4v) is 2.21. The number of rotatable bonds is 4. The molecule has 0 radical (unpaired) electrons. The van der Waals surface area contributed by atoms with Gasteiger partial charge in [-0.05, 0) is 29.0 Å². The highest BCUT2D eigenvalue weighted by atomic mass is 35.5. The summed E-state index contributed by atoms with van der Waals surface area (Å²) < 4.78 is 0. The second-order valence-electron chi connectivity index (χ2n) is 4.72. The van der Waals surface area contributed by atoms with Crippen molar-refractivity contribution in [3.8, 4) is 5.69 Å². The van der Waals surface area contributed by atoms with Crippen LogP contribution in [-0.4, -0.2) is 30.4 Å². The molecule has 0 bridgehead atoms. The number of halogens is 1. The molecule has 0 amide bonds. The maximum Gasteiger partial charge on any atom is 0.206 e. The third-order valence-corrected chi connectivity index (χ3v) is 3.41. The zero-order chi connectivity index (χ0) is 15.5. The zero-order valence-corrected chi connectivity index (χ0v) is 12.2. The van der Waals surface area contributed by atoms with Crippen LogP contribution in [0.4, 0.5) is 0 Å². The molecular weight excluding hydrogens is 304 g/mol. The van der Waals surface area contributed by atoms with Crippen LogP contribution in [0.1, 0.15) is 23.6 Å². The molecule has 2 atom stereocenters. The van der Waals surface area contributed by atoms with E-state index in [-0.39, 0.29) is 5.82 Å². The Hall–Kier alpha value is -2.28. The molecule has 0 fully saturated rings. The number of nitrogens with zero attached hydrogens (tertiary/aromatic N) is 4. The SMILES string of the molecule is OC(c1ccccc1)C(O)c1nnn(-c2cccc(Cl)c2)n1. The Morgan fingerprint density at radius 3 is 2.45 bits per heavy atom. The van der Waals surface area contributed by atoms with Crippen molar-refractivity contribution < 1.29 is 10.2 Å². The molecule has 7 heteroatoms. The molecule has 0 aliphatic rings. The molecule has 0 saturated carbocycles. The molecule has 0 aliphatic heterocycles. The van der Waals surface area contributed by atoms with Gasteiger partial charge in [0.2, 0.25) is 5.82 Å². The normalized spacial score (nSPS) is 13.8. The van der Waals surface area contributed by atoms with E-state index in [2.05, 4.69) is 15.4 Å². The summed E-state index contributed by atoms with van der Waals surface area (Å²) in [7, 11) is 0. The lowest BCUT2D eigenvalue weighted by Crippen LogP contribution is -2.12. The number of tetrazole rings is 1. The van der Waals surface area contributed by atoms with Crippen molar-refractivity contribution in [3.05, 3.63) is 71.0 Å². The van der Waals surface area contributed by atoms with Gasteiger partial charge in [-0.25, -0.2) is 0 Å². The summed E-state index contributed by atoms with van der Waals surface area (Å²) in [5.41, 5.74) is 1.20. The van der Waals surface area contributed by atoms with Crippen LogP contribution < -0.4 is 0 Å². The molecule has 0 saturated heterocycles. The number of aromatic nitrogens is 4. The monoisotopic (exact) mass is 316 g/mol. The van der Waals surface area contributed by atoms with Gasteiger partial charge in [-0.2, -0.15) is 0 Å². The summed E-state index contributed by atoms with van der Waals surface area (Å²) in [5.74, 6) is 0.0383. The van der Waals surface area contributed by atoms with Crippen LogP contribution in [0.3, 0.4) is 0 Å². The van der Waals surface area contributed by atoms with Crippen LogP contribution in [-0.2, 0) is 0 Å². The van der Waals surface area contributed by atoms with E-state index < -0.39 is 12.2 Å². The molecule has 3 rings (SSSR count). The van der Waals surface area contributed by atoms with E-state index in [4.69, 9.17) is 11.6 Å². The highest BCUT2D eigenvalue weighted by Crippen LogP contribution is 2.26. The molecule has 1 aromatic heterocycles. The Morgan fingerprint density at radius 2 is 1.73 bits per heavy atom. The predicted molar refractivity (Wildman–Crippen MR) is 80.5 cm³/mol. The summed E-state index contributed by atoms with van der Waals surface area (Å²) in [4.78, 5) is 1.25. The van der Waals surface area contributed by atoms with E-state index in [0.29, 0.717) is 16.3 Å². The van der Waals surface area contributed by atoms with Crippen LogP contribution in [0.15, 0.2) is 54.6 Å². The Labute approximate surface area is 131 Å². The van der Waals surface area contributed by atoms with Gasteiger partial charge in [0.15, 0.2) is 0 Å². The lowest BCUT2D eigenvalue weighted by Gasteiger charge is -2.14. The third-order valence-electron chi connectivity index (χ3n) is 3.17. The average Bonchev–Trinajstić information content (AvgIpc) is 3.04. The van der Waals surface area contributed by atoms with E-state index in [1.165, 1.54) is 4.80 Å². The minimum Gasteiger partial charge on any atom is -0.385 e. The minimum absolute atomic E-state index is 0.0383. The summed E-state index contributed by atoms with van der Waals surface area (Å²) >= 11 is 5.92. The van der Waals surface area contributed by atoms with Gasteiger partial charge in [0.05, 0.1) is 5.69 Å². The molecule has 2 unspecified atom stereocenters. The molecule has 3 aromatic rings. The molecule has 1 heterocycles. The van der Waals surface area contributed by atoms with Crippen molar-refractivity contribution in [1.82, 2.24) is 20.2 Å². The van der Waals surface area contributed by atoms with Crippen molar-refractivity contribution in [2.24, 2.45) is 0 Å². The molecule has 22 heavy (non-hydrogen) atoms. The van der Waals surface area contributed by atoms with Crippen LogP contribution in [0.2, 0.25) is 5.02 Å². The molecular formula is C15H13ClN4O2. The van der Waals surface area contributed by atoms with E-state index in [0.717, 1.165) is 0 Å². The lowest BCUT2D eigenvalue weighted by atomic mass is 10.0. The minimum atomic E-state index is -1.27. The van der Waals surface area contributed by atoms with Crippen LogP contribution in [0.5, 0.6) is 0 Å². The number of benzene rings is 2. The molecule has 2 N–H and O–H groups in total. The molecule has 2 aromatic carbocycles. The van der Waals surface area contributed by atoms with E-state index in [1.807, 2.05) is 6.07 Å². The number of hydrogen-bond donors (Lipinski definition) is 2. The van der Waals surface area contributed by atoms with Gasteiger partial charge in [-0.15, -0.1) is 15.0 Å². The molecule has 0 spiro atoms. The first-order valence-corrected chi connectivity index (χ1v) is 7.00. The van der Waals surface area contributed by atoms with Crippen LogP contribution in [0, 0.1) is 0 Å². The maximum atomic E-state index is 10.2. The van der Waals surface area contributed by atoms with Gasteiger partial charge in [0.1, 0.15) is 12.2 Å². The first-order chi connectivity index (χ1) is 10.6. The Balaban J connectivity index is 1.84. The summed E-state index contributed by atoms with van der Waals surface area (Å²) in [6.45, 7) is 0. The lowest BCUT2D eigenvalue weighted by molar-refractivity contribution is 0.0117. The topological polar surface area (TPSA) is 84.1 Å². The number of hydrogen-bond acceptors (Lipinski definition) is 5. The second kappa shape index (κ2) is 6.23. The fourth-order valence-electron chi connectivity index (χ4n) is 2.03. The number of aliphatic hydroxyl groups excluding tert-OH is 2. The fraction of sp³-hybridized carbons (Fsp3) is 0.133. The molecule has 0 aliphatic carbocycles. The van der Waals surface area contributed by atoms with Crippen molar-refractivity contribution in [3.63, 3.8) is 0 Å². The van der Waals surface area contributed by atoms with Crippen LogP contribution in [0.25, 0.3) is 5.69 Å². The molecule has 6 nitrogen and oxygen atoms in total. The first-order valence-electron chi connectivity index (χ1n) is 6.62. The van der Waals surface area contributed by atoms with Gasteiger partial charge in [-0.3, -0.25) is 0 Å². The van der Waals surface area contributed by atoms with Gasteiger partial charge in [-0.1, -0.05) is 48.0 Å². The van der Waals surface area contributed by atoms with Crippen LogP contribution >= 0.6 is 11.6 Å². The van der Waals surface area contributed by atoms with Gasteiger partial charge >= 0.3 is 0 Å². The Bertz CT molecular complexity index is 763. The third kappa shape index (κ3) is 2.99.